The molecule has 1 saturated heterocycles. The second kappa shape index (κ2) is 12.0. The molecule has 42 heavy (non-hydrogen) atoms. The van der Waals surface area contributed by atoms with Gasteiger partial charge >= 0.3 is 0 Å². The monoisotopic (exact) mass is 561 g/mol. The smallest absolute Gasteiger partial charge is 0.248 e. The van der Waals surface area contributed by atoms with Gasteiger partial charge in [-0.05, 0) is 67.0 Å². The van der Waals surface area contributed by atoms with Crippen molar-refractivity contribution >= 4 is 23.7 Å². The highest BCUT2D eigenvalue weighted by Crippen LogP contribution is 2.31. The maximum atomic E-state index is 6.26. The average molecular weight is 562 g/mol. The molecule has 216 valence electrons. The van der Waals surface area contributed by atoms with Gasteiger partial charge in [-0.15, -0.1) is 15.3 Å². The van der Waals surface area contributed by atoms with Gasteiger partial charge in [0, 0.05) is 50.0 Å². The number of nitrogens with one attached hydrogen (secondary N) is 1. The van der Waals surface area contributed by atoms with Crippen molar-refractivity contribution in [3.05, 3.63) is 77.4 Å². The predicted molar refractivity (Wildman–Crippen MR) is 168 cm³/mol. The number of anilines is 3. The summed E-state index contributed by atoms with van der Waals surface area (Å²) in [5.41, 5.74) is 12.9. The molecule has 2 aliphatic carbocycles. The van der Waals surface area contributed by atoms with Gasteiger partial charge in [0.25, 0.3) is 0 Å². The number of nitrogen functional groups attached to an aromatic ring is 1. The van der Waals surface area contributed by atoms with E-state index in [9.17, 15) is 0 Å². The first-order chi connectivity index (χ1) is 20.7. The summed E-state index contributed by atoms with van der Waals surface area (Å²) < 4.78 is 1.55. The first-order valence-corrected chi connectivity index (χ1v) is 15.4. The van der Waals surface area contributed by atoms with Gasteiger partial charge in [-0.25, -0.2) is 0 Å². The number of nitrogens with zero attached hydrogens (tertiary/aromatic N) is 7. The van der Waals surface area contributed by atoms with Gasteiger partial charge in [-0.3, -0.25) is 9.80 Å². The van der Waals surface area contributed by atoms with Crippen molar-refractivity contribution in [3.63, 3.8) is 0 Å². The van der Waals surface area contributed by atoms with E-state index >= 15 is 0 Å². The third kappa shape index (κ3) is 5.80. The lowest BCUT2D eigenvalue weighted by Gasteiger charge is -2.37. The van der Waals surface area contributed by atoms with Crippen molar-refractivity contribution in [3.8, 4) is 17.1 Å². The van der Waals surface area contributed by atoms with Crippen molar-refractivity contribution in [1.29, 1.82) is 0 Å². The van der Waals surface area contributed by atoms with Crippen LogP contribution in [0.2, 0.25) is 0 Å². The summed E-state index contributed by atoms with van der Waals surface area (Å²) in [7, 11) is 0. The molecule has 0 bridgehead atoms. The Morgan fingerprint density at radius 2 is 1.67 bits per heavy atom. The van der Waals surface area contributed by atoms with E-state index in [4.69, 9.17) is 5.73 Å². The number of aromatic nitrogens is 5. The minimum absolute atomic E-state index is 0.268. The molecule has 3 heterocycles. The van der Waals surface area contributed by atoms with E-state index < -0.39 is 0 Å². The minimum atomic E-state index is 0.268. The molecule has 2 aromatic heterocycles. The summed E-state index contributed by atoms with van der Waals surface area (Å²) in [6.45, 7) is 5.74. The lowest BCUT2D eigenvalue weighted by Crippen LogP contribution is -2.49. The van der Waals surface area contributed by atoms with Crippen molar-refractivity contribution in [2.24, 2.45) is 0 Å². The van der Waals surface area contributed by atoms with Crippen molar-refractivity contribution in [2.75, 3.05) is 43.8 Å². The predicted octanol–water partition coefficient (Wildman–Crippen LogP) is 5.11. The second-order valence-corrected chi connectivity index (χ2v) is 11.7. The summed E-state index contributed by atoms with van der Waals surface area (Å²) in [5.74, 6) is 1.27. The Kier molecular flexibility index (Phi) is 7.68. The summed E-state index contributed by atoms with van der Waals surface area (Å²) in [6, 6.07) is 19.6. The van der Waals surface area contributed by atoms with Crippen LogP contribution in [0, 0.1) is 0 Å². The molecule has 0 atom stereocenters. The summed E-state index contributed by atoms with van der Waals surface area (Å²) in [6.07, 6.45) is 13.1. The molecule has 0 unspecified atom stereocenters. The van der Waals surface area contributed by atoms with Gasteiger partial charge in [0.1, 0.15) is 0 Å². The first-order valence-electron chi connectivity index (χ1n) is 15.4. The summed E-state index contributed by atoms with van der Waals surface area (Å²) in [4.78, 5) is 9.70. The van der Waals surface area contributed by atoms with Crippen LogP contribution >= 0.6 is 0 Å². The van der Waals surface area contributed by atoms with Gasteiger partial charge in [0.05, 0.1) is 5.69 Å². The molecule has 3 aliphatic rings. The minimum Gasteiger partial charge on any atom is -0.368 e. The Bertz CT molecular complexity index is 1540. The lowest BCUT2D eigenvalue weighted by molar-refractivity contribution is 0.105. The van der Waals surface area contributed by atoms with E-state index in [-0.39, 0.29) is 5.95 Å². The number of hydrogen-bond donors (Lipinski definition) is 2. The SMILES string of the molecule is Nc1nc(Nc2ccc(C=CCN3CCN(C4CCCC4)CC3)cc2)nn1-c1cc2c(nn1)-c1ccccc1CCC2. The van der Waals surface area contributed by atoms with Crippen LogP contribution in [0.3, 0.4) is 0 Å². The summed E-state index contributed by atoms with van der Waals surface area (Å²) >= 11 is 0. The topological polar surface area (TPSA) is 101 Å². The maximum Gasteiger partial charge on any atom is 0.248 e. The third-order valence-corrected chi connectivity index (χ3v) is 8.96. The van der Waals surface area contributed by atoms with Gasteiger partial charge in [-0.1, -0.05) is 61.4 Å². The van der Waals surface area contributed by atoms with Gasteiger partial charge < -0.3 is 11.1 Å². The van der Waals surface area contributed by atoms with E-state index in [1.165, 1.54) is 49.9 Å². The Morgan fingerprint density at radius 1 is 0.881 bits per heavy atom. The van der Waals surface area contributed by atoms with Crippen LogP contribution in [0.25, 0.3) is 23.2 Å². The van der Waals surface area contributed by atoms with Crippen LogP contribution in [0.4, 0.5) is 17.6 Å². The normalized spacial score (nSPS) is 18.2. The number of piperazine rings is 1. The van der Waals surface area contributed by atoms with Crippen molar-refractivity contribution < 1.29 is 0 Å². The molecule has 2 fully saturated rings. The molecule has 2 aromatic carbocycles. The van der Waals surface area contributed by atoms with E-state index in [2.05, 4.69) is 83.9 Å². The molecule has 9 heteroatoms. The molecule has 0 amide bonds. The van der Waals surface area contributed by atoms with Crippen LogP contribution in [-0.4, -0.2) is 73.5 Å². The zero-order valence-electron chi connectivity index (χ0n) is 24.1. The van der Waals surface area contributed by atoms with Crippen LogP contribution in [0.15, 0.2) is 60.7 Å². The largest absolute Gasteiger partial charge is 0.368 e. The molecule has 0 spiro atoms. The highest BCUT2D eigenvalue weighted by atomic mass is 15.4. The van der Waals surface area contributed by atoms with E-state index in [0.717, 1.165) is 67.4 Å². The lowest BCUT2D eigenvalue weighted by atomic mass is 10.0. The Hall–Kier alpha value is -4.08. The zero-order chi connectivity index (χ0) is 28.3. The zero-order valence-corrected chi connectivity index (χ0v) is 24.1. The molecular formula is C33H39N9. The quantitative estimate of drug-likeness (QED) is 0.321. The van der Waals surface area contributed by atoms with Crippen LogP contribution in [0.1, 0.15) is 48.8 Å². The standard InChI is InChI=1S/C33H39N9/c34-32-36-33(39-42(32)30-23-26-10-5-9-25-8-1-4-13-29(25)31(26)38-37-30)35-27-16-14-24(15-17-27)7-6-18-40-19-21-41(22-20-40)28-11-2-3-12-28/h1,4,6-8,13-17,23,28H,2-3,5,9-12,18-22H2,(H3,34,35,36,39). The van der Waals surface area contributed by atoms with Crippen LogP contribution < -0.4 is 11.1 Å². The van der Waals surface area contributed by atoms with Gasteiger partial charge in [-0.2, -0.15) is 9.67 Å². The number of fused-ring (bicyclic) bond motifs is 3. The second-order valence-electron chi connectivity index (χ2n) is 11.7. The number of hydrogen-bond acceptors (Lipinski definition) is 8. The molecule has 3 N–H and O–H groups in total. The molecule has 1 saturated carbocycles. The van der Waals surface area contributed by atoms with Crippen molar-refractivity contribution in [1.82, 2.24) is 34.8 Å². The fraction of sp³-hybridized carbons (Fsp3) is 0.394. The van der Waals surface area contributed by atoms with Crippen LogP contribution in [-0.2, 0) is 12.8 Å². The number of aryl methyl sites for hydroxylation is 2. The molecule has 9 nitrogen and oxygen atoms in total. The number of rotatable bonds is 7. The highest BCUT2D eigenvalue weighted by Gasteiger charge is 2.25. The maximum absolute atomic E-state index is 6.26. The van der Waals surface area contributed by atoms with Crippen LogP contribution in [0.5, 0.6) is 0 Å². The van der Waals surface area contributed by atoms with E-state index in [1.807, 2.05) is 18.2 Å². The fourth-order valence-electron chi connectivity index (χ4n) is 6.65. The van der Waals surface area contributed by atoms with Gasteiger partial charge in [0.15, 0.2) is 5.82 Å². The fourth-order valence-corrected chi connectivity index (χ4v) is 6.65. The Morgan fingerprint density at radius 3 is 2.50 bits per heavy atom. The molecule has 4 aromatic rings. The molecule has 1 aliphatic heterocycles. The molecular weight excluding hydrogens is 522 g/mol. The third-order valence-electron chi connectivity index (χ3n) is 8.96. The highest BCUT2D eigenvalue weighted by molar-refractivity contribution is 5.68. The Labute approximate surface area is 247 Å². The van der Waals surface area contributed by atoms with E-state index in [1.54, 1.807) is 4.68 Å². The van der Waals surface area contributed by atoms with Crippen molar-refractivity contribution in [2.45, 2.75) is 51.0 Å². The average Bonchev–Trinajstić information content (AvgIpc) is 3.65. The number of benzene rings is 2. The number of nitrogens with two attached hydrogens (primary N) is 1. The van der Waals surface area contributed by atoms with Gasteiger partial charge in [0.2, 0.25) is 11.9 Å². The molecule has 0 radical (unpaired) electrons. The molecule has 7 rings (SSSR count). The Balaban J connectivity index is 0.962. The summed E-state index contributed by atoms with van der Waals surface area (Å²) in [5, 5.41) is 16.9. The van der Waals surface area contributed by atoms with E-state index in [0.29, 0.717) is 11.8 Å². The first kappa shape index (κ1) is 26.8.